The molecule has 2 aromatic carbocycles. The van der Waals surface area contributed by atoms with Crippen molar-refractivity contribution < 1.29 is 9.18 Å². The van der Waals surface area contributed by atoms with Crippen LogP contribution in [0.3, 0.4) is 0 Å². The highest BCUT2D eigenvalue weighted by Crippen LogP contribution is 2.40. The van der Waals surface area contributed by atoms with Crippen LogP contribution in [0.2, 0.25) is 0 Å². The molecule has 2 heterocycles. The highest BCUT2D eigenvalue weighted by Gasteiger charge is 2.32. The van der Waals surface area contributed by atoms with Crippen molar-refractivity contribution in [2.75, 3.05) is 17.2 Å². The zero-order valence-electron chi connectivity index (χ0n) is 18.2. The van der Waals surface area contributed by atoms with Crippen LogP contribution in [0, 0.1) is 24.6 Å². The smallest absolute Gasteiger partial charge is 0.247 e. The second-order valence-corrected chi connectivity index (χ2v) is 9.57. The quantitative estimate of drug-likeness (QED) is 0.625. The Bertz CT molecular complexity index is 938. The predicted octanol–water partition coefficient (Wildman–Crippen LogP) is 5.34. The minimum Gasteiger partial charge on any atom is -0.373 e. The molecule has 0 radical (unpaired) electrons. The molecule has 1 amide bonds. The van der Waals surface area contributed by atoms with Gasteiger partial charge in [0.2, 0.25) is 5.91 Å². The first-order valence-corrected chi connectivity index (χ1v) is 11.8. The summed E-state index contributed by atoms with van der Waals surface area (Å²) in [5.74, 6) is 1.34. The van der Waals surface area contributed by atoms with Crippen LogP contribution in [0.1, 0.15) is 61.3 Å². The van der Waals surface area contributed by atoms with Crippen LogP contribution in [0.25, 0.3) is 0 Å². The molecule has 2 aliphatic heterocycles. The van der Waals surface area contributed by atoms with Crippen molar-refractivity contribution in [1.82, 2.24) is 5.32 Å². The number of carbonyl (C=O) groups excluding carboxylic acids is 1. The summed E-state index contributed by atoms with van der Waals surface area (Å²) in [6.45, 7) is 3.00. The van der Waals surface area contributed by atoms with Gasteiger partial charge in [0.1, 0.15) is 11.9 Å². The van der Waals surface area contributed by atoms with E-state index >= 15 is 0 Å². The van der Waals surface area contributed by atoms with Crippen LogP contribution >= 0.6 is 0 Å². The highest BCUT2D eigenvalue weighted by molar-refractivity contribution is 5.98. The molecule has 1 saturated carbocycles. The number of nitrogens with one attached hydrogen (secondary N) is 3. The molecule has 0 bridgehead atoms. The van der Waals surface area contributed by atoms with Gasteiger partial charge in [-0.3, -0.25) is 4.79 Å². The third kappa shape index (κ3) is 4.20. The molecule has 164 valence electrons. The Labute approximate surface area is 184 Å². The Hall–Kier alpha value is -2.40. The van der Waals surface area contributed by atoms with Crippen molar-refractivity contribution in [3.8, 4) is 0 Å². The highest BCUT2D eigenvalue weighted by atomic mass is 19.1. The van der Waals surface area contributed by atoms with Crippen LogP contribution in [0.4, 0.5) is 15.8 Å². The molecule has 1 aliphatic carbocycles. The second kappa shape index (κ2) is 8.62. The Kier molecular flexibility index (Phi) is 5.70. The minimum atomic E-state index is -0.450. The standard InChI is InChI=1S/C26H32FN3O/c1-16-9-10-22(27)21-15-24(30-25(16)21)26(31)29-20-8-4-7-19(13-20)23-14-18(11-12-28-23)17-5-2-3-6-17/h4,7-10,13,17-18,23-24,28,30H,2-3,5-6,11-12,14-15H2,1H3,(H,29,31). The number of hydrogen-bond donors (Lipinski definition) is 3. The number of benzene rings is 2. The lowest BCUT2D eigenvalue weighted by Gasteiger charge is -2.34. The Morgan fingerprint density at radius 2 is 1.94 bits per heavy atom. The molecule has 1 saturated heterocycles. The van der Waals surface area contributed by atoms with Gasteiger partial charge in [0, 0.05) is 29.4 Å². The van der Waals surface area contributed by atoms with E-state index < -0.39 is 6.04 Å². The molecule has 3 atom stereocenters. The summed E-state index contributed by atoms with van der Waals surface area (Å²) in [6, 6.07) is 11.3. The fraction of sp³-hybridized carbons (Fsp3) is 0.500. The molecule has 2 aromatic rings. The van der Waals surface area contributed by atoms with Gasteiger partial charge in [0.15, 0.2) is 0 Å². The summed E-state index contributed by atoms with van der Waals surface area (Å²) in [5, 5.41) is 9.95. The predicted molar refractivity (Wildman–Crippen MR) is 123 cm³/mol. The van der Waals surface area contributed by atoms with Crippen molar-refractivity contribution in [3.63, 3.8) is 0 Å². The molecule has 3 unspecified atom stereocenters. The fourth-order valence-electron chi connectivity index (χ4n) is 5.85. The van der Waals surface area contributed by atoms with E-state index in [-0.39, 0.29) is 11.7 Å². The molecule has 0 spiro atoms. The van der Waals surface area contributed by atoms with Crippen LogP contribution in [0.5, 0.6) is 0 Å². The number of carbonyl (C=O) groups is 1. The van der Waals surface area contributed by atoms with E-state index in [2.05, 4.69) is 28.1 Å². The average Bonchev–Trinajstić information content (AvgIpc) is 3.48. The lowest BCUT2D eigenvalue weighted by atomic mass is 9.79. The Morgan fingerprint density at radius 3 is 2.74 bits per heavy atom. The molecular formula is C26H32FN3O. The molecule has 2 fully saturated rings. The first kappa shape index (κ1) is 20.5. The summed E-state index contributed by atoms with van der Waals surface area (Å²) in [7, 11) is 0. The van der Waals surface area contributed by atoms with Crippen LogP contribution in [0.15, 0.2) is 36.4 Å². The topological polar surface area (TPSA) is 53.2 Å². The number of fused-ring (bicyclic) bond motifs is 1. The first-order chi connectivity index (χ1) is 15.1. The molecular weight excluding hydrogens is 389 g/mol. The third-order valence-corrected chi connectivity index (χ3v) is 7.57. The van der Waals surface area contributed by atoms with E-state index in [1.807, 2.05) is 19.1 Å². The molecule has 3 N–H and O–H groups in total. The molecule has 3 aliphatic rings. The van der Waals surface area contributed by atoms with E-state index in [4.69, 9.17) is 0 Å². The van der Waals surface area contributed by atoms with Gasteiger partial charge < -0.3 is 16.0 Å². The van der Waals surface area contributed by atoms with E-state index in [1.165, 1.54) is 50.2 Å². The van der Waals surface area contributed by atoms with Gasteiger partial charge in [-0.05, 0) is 67.5 Å². The number of piperidine rings is 1. The lowest BCUT2D eigenvalue weighted by Crippen LogP contribution is -2.34. The fourth-order valence-corrected chi connectivity index (χ4v) is 5.85. The third-order valence-electron chi connectivity index (χ3n) is 7.57. The molecule has 5 rings (SSSR count). The number of halogens is 1. The van der Waals surface area contributed by atoms with Crippen LogP contribution in [-0.2, 0) is 11.2 Å². The van der Waals surface area contributed by atoms with E-state index in [9.17, 15) is 9.18 Å². The minimum absolute atomic E-state index is 0.118. The number of amides is 1. The Morgan fingerprint density at radius 1 is 1.10 bits per heavy atom. The van der Waals surface area contributed by atoms with Crippen molar-refractivity contribution in [2.45, 2.75) is 64.0 Å². The molecule has 5 heteroatoms. The average molecular weight is 422 g/mol. The summed E-state index contributed by atoms with van der Waals surface area (Å²) in [5.41, 5.74) is 4.39. The molecule has 4 nitrogen and oxygen atoms in total. The van der Waals surface area contributed by atoms with Crippen LogP contribution < -0.4 is 16.0 Å². The number of hydrogen-bond acceptors (Lipinski definition) is 3. The van der Waals surface area contributed by atoms with Gasteiger partial charge in [-0.1, -0.05) is 43.9 Å². The van der Waals surface area contributed by atoms with Crippen molar-refractivity contribution in [3.05, 3.63) is 58.9 Å². The van der Waals surface area contributed by atoms with Crippen molar-refractivity contribution in [1.29, 1.82) is 0 Å². The monoisotopic (exact) mass is 421 g/mol. The summed E-state index contributed by atoms with van der Waals surface area (Å²) in [6.07, 6.45) is 8.41. The van der Waals surface area contributed by atoms with Crippen LogP contribution in [-0.4, -0.2) is 18.5 Å². The van der Waals surface area contributed by atoms with Gasteiger partial charge in [-0.15, -0.1) is 0 Å². The molecule has 31 heavy (non-hydrogen) atoms. The lowest BCUT2D eigenvalue weighted by molar-refractivity contribution is -0.116. The number of anilines is 2. The maximum absolute atomic E-state index is 14.2. The Balaban J connectivity index is 1.25. The van der Waals surface area contributed by atoms with E-state index in [0.717, 1.165) is 35.3 Å². The maximum atomic E-state index is 14.2. The summed E-state index contributed by atoms with van der Waals surface area (Å²) in [4.78, 5) is 12.9. The van der Waals surface area contributed by atoms with E-state index in [0.29, 0.717) is 18.0 Å². The number of rotatable bonds is 4. The largest absolute Gasteiger partial charge is 0.373 e. The summed E-state index contributed by atoms with van der Waals surface area (Å²) >= 11 is 0. The van der Waals surface area contributed by atoms with Gasteiger partial charge in [0.05, 0.1) is 0 Å². The zero-order valence-corrected chi connectivity index (χ0v) is 18.2. The SMILES string of the molecule is Cc1ccc(F)c2c1NC(C(=O)Nc1cccc(C3CC(C4CCCC4)CCN3)c1)C2. The van der Waals surface area contributed by atoms with Gasteiger partial charge in [-0.25, -0.2) is 4.39 Å². The first-order valence-electron chi connectivity index (χ1n) is 11.8. The van der Waals surface area contributed by atoms with Crippen molar-refractivity contribution >= 4 is 17.3 Å². The van der Waals surface area contributed by atoms with E-state index in [1.54, 1.807) is 6.07 Å². The van der Waals surface area contributed by atoms with Gasteiger partial charge >= 0.3 is 0 Å². The maximum Gasteiger partial charge on any atom is 0.247 e. The zero-order chi connectivity index (χ0) is 21.4. The normalized spacial score (nSPS) is 25.8. The summed E-state index contributed by atoms with van der Waals surface area (Å²) < 4.78 is 14.2. The molecule has 0 aromatic heterocycles. The van der Waals surface area contributed by atoms with Gasteiger partial charge in [0.25, 0.3) is 0 Å². The number of aryl methyl sites for hydroxylation is 1. The van der Waals surface area contributed by atoms with Crippen molar-refractivity contribution in [2.24, 2.45) is 11.8 Å². The second-order valence-electron chi connectivity index (χ2n) is 9.57. The van der Waals surface area contributed by atoms with Gasteiger partial charge in [-0.2, -0.15) is 0 Å².